The van der Waals surface area contributed by atoms with Crippen LogP contribution in [0.15, 0.2) is 0 Å². The molecule has 0 radical (unpaired) electrons. The van der Waals surface area contributed by atoms with Gasteiger partial charge in [-0.2, -0.15) is 0 Å². The number of hydrogen-bond donors (Lipinski definition) is 0. The first-order chi connectivity index (χ1) is 8.35. The molecular weight excluding hydrogens is 236 g/mol. The SMILES string of the molecule is CCCC(C)(C)S(C)(C)C1CC2CCC23CCC13. The molecule has 0 saturated heterocycles. The zero-order valence-corrected chi connectivity index (χ0v) is 13.9. The third kappa shape index (κ3) is 1.46. The molecule has 0 nitrogen and oxygen atoms in total. The molecule has 4 unspecified atom stereocenters. The van der Waals surface area contributed by atoms with Crippen molar-refractivity contribution in [2.45, 2.75) is 75.7 Å². The second kappa shape index (κ2) is 3.93. The van der Waals surface area contributed by atoms with Crippen LogP contribution in [-0.2, 0) is 0 Å². The first kappa shape index (κ1) is 13.3. The molecular formula is C17H32S. The van der Waals surface area contributed by atoms with E-state index in [9.17, 15) is 0 Å². The summed E-state index contributed by atoms with van der Waals surface area (Å²) in [6.45, 7) is 7.50. The van der Waals surface area contributed by atoms with E-state index < -0.39 is 10.0 Å². The third-order valence-electron chi connectivity index (χ3n) is 7.43. The Bertz CT molecular complexity index is 340. The van der Waals surface area contributed by atoms with E-state index in [-0.39, 0.29) is 0 Å². The minimum absolute atomic E-state index is 0.462. The molecule has 3 rings (SSSR count). The second-order valence-corrected chi connectivity index (χ2v) is 12.8. The molecule has 0 amide bonds. The van der Waals surface area contributed by atoms with Crippen LogP contribution in [0.1, 0.15) is 65.7 Å². The van der Waals surface area contributed by atoms with Gasteiger partial charge in [0.2, 0.25) is 0 Å². The van der Waals surface area contributed by atoms with E-state index >= 15 is 0 Å². The normalized spacial score (nSPS) is 43.7. The summed E-state index contributed by atoms with van der Waals surface area (Å²) in [4.78, 5) is 0. The largest absolute Gasteiger partial charge is 0.239 e. The van der Waals surface area contributed by atoms with Crippen molar-refractivity contribution in [3.8, 4) is 0 Å². The zero-order chi connectivity index (χ0) is 13.2. The summed E-state index contributed by atoms with van der Waals surface area (Å²) in [5, 5.41) is 1.10. The topological polar surface area (TPSA) is 0 Å². The fraction of sp³-hybridized carbons (Fsp3) is 1.00. The van der Waals surface area contributed by atoms with Crippen LogP contribution < -0.4 is 0 Å². The number of hydrogen-bond acceptors (Lipinski definition) is 0. The van der Waals surface area contributed by atoms with Gasteiger partial charge in [-0.15, -0.1) is 0 Å². The van der Waals surface area contributed by atoms with Crippen molar-refractivity contribution in [3.63, 3.8) is 0 Å². The second-order valence-electron chi connectivity index (χ2n) is 8.30. The Balaban J connectivity index is 1.82. The molecule has 4 atom stereocenters. The predicted molar refractivity (Wildman–Crippen MR) is 84.7 cm³/mol. The highest BCUT2D eigenvalue weighted by Crippen LogP contribution is 2.78. The van der Waals surface area contributed by atoms with Gasteiger partial charge >= 0.3 is 0 Å². The van der Waals surface area contributed by atoms with Crippen LogP contribution in [0.3, 0.4) is 0 Å². The first-order valence-corrected chi connectivity index (χ1v) is 10.6. The highest BCUT2D eigenvalue weighted by atomic mass is 32.3. The van der Waals surface area contributed by atoms with Gasteiger partial charge in [0, 0.05) is 0 Å². The Morgan fingerprint density at radius 3 is 2.22 bits per heavy atom. The lowest BCUT2D eigenvalue weighted by molar-refractivity contribution is -0.0627. The summed E-state index contributed by atoms with van der Waals surface area (Å²) in [6, 6.07) is 0. The maximum atomic E-state index is 2.67. The molecule has 0 heterocycles. The molecule has 3 aliphatic rings. The molecule has 18 heavy (non-hydrogen) atoms. The lowest BCUT2D eigenvalue weighted by Crippen LogP contribution is -2.50. The van der Waals surface area contributed by atoms with Crippen LogP contribution in [0.25, 0.3) is 0 Å². The maximum Gasteiger partial charge on any atom is -0.00565 e. The van der Waals surface area contributed by atoms with E-state index in [0.29, 0.717) is 4.75 Å². The van der Waals surface area contributed by atoms with Crippen molar-refractivity contribution in [3.05, 3.63) is 0 Å². The quantitative estimate of drug-likeness (QED) is 0.657. The van der Waals surface area contributed by atoms with Gasteiger partial charge in [0.1, 0.15) is 0 Å². The van der Waals surface area contributed by atoms with Crippen molar-refractivity contribution in [2.75, 3.05) is 12.5 Å². The fourth-order valence-electron chi connectivity index (χ4n) is 5.50. The lowest BCUT2D eigenvalue weighted by atomic mass is 9.49. The van der Waals surface area contributed by atoms with Crippen LogP contribution >= 0.6 is 10.0 Å². The first-order valence-electron chi connectivity index (χ1n) is 8.07. The molecule has 3 saturated carbocycles. The molecule has 0 bridgehead atoms. The van der Waals surface area contributed by atoms with Gasteiger partial charge in [0.05, 0.1) is 0 Å². The molecule has 3 fully saturated rings. The van der Waals surface area contributed by atoms with E-state index in [1.165, 1.54) is 12.8 Å². The molecule has 0 aromatic heterocycles. The van der Waals surface area contributed by atoms with Gasteiger partial charge in [0.15, 0.2) is 0 Å². The Labute approximate surface area is 116 Å². The Hall–Kier alpha value is 0.350. The van der Waals surface area contributed by atoms with Crippen LogP contribution in [0.4, 0.5) is 0 Å². The summed E-state index contributed by atoms with van der Waals surface area (Å²) >= 11 is 0. The van der Waals surface area contributed by atoms with Crippen molar-refractivity contribution < 1.29 is 0 Å². The summed E-state index contributed by atoms with van der Waals surface area (Å²) in [5.41, 5.74) is 0.886. The van der Waals surface area contributed by atoms with Crippen molar-refractivity contribution >= 4 is 10.0 Å². The third-order valence-corrected chi connectivity index (χ3v) is 12.5. The predicted octanol–water partition coefficient (Wildman–Crippen LogP) is 5.21. The maximum absolute atomic E-state index is 2.67. The van der Waals surface area contributed by atoms with Crippen molar-refractivity contribution in [2.24, 2.45) is 17.3 Å². The monoisotopic (exact) mass is 268 g/mol. The van der Waals surface area contributed by atoms with Gasteiger partial charge < -0.3 is 0 Å². The molecule has 0 N–H and O–H groups in total. The van der Waals surface area contributed by atoms with Gasteiger partial charge in [0.25, 0.3) is 0 Å². The molecule has 3 aliphatic carbocycles. The fourth-order valence-corrected chi connectivity index (χ4v) is 8.99. The molecule has 0 aromatic carbocycles. The highest BCUT2D eigenvalue weighted by Gasteiger charge is 2.66. The van der Waals surface area contributed by atoms with E-state index in [0.717, 1.165) is 22.5 Å². The minimum atomic E-state index is -0.462. The summed E-state index contributed by atoms with van der Waals surface area (Å²) in [5.74, 6) is 2.28. The summed E-state index contributed by atoms with van der Waals surface area (Å²) < 4.78 is 0.590. The van der Waals surface area contributed by atoms with E-state index in [1.54, 1.807) is 32.1 Å². The van der Waals surface area contributed by atoms with Crippen molar-refractivity contribution in [1.29, 1.82) is 0 Å². The van der Waals surface area contributed by atoms with Crippen molar-refractivity contribution in [1.82, 2.24) is 0 Å². The molecule has 0 aromatic rings. The van der Waals surface area contributed by atoms with Gasteiger partial charge in [-0.1, -0.05) is 27.2 Å². The molecule has 0 aliphatic heterocycles. The molecule has 1 spiro atoms. The van der Waals surface area contributed by atoms with E-state index in [2.05, 4.69) is 33.3 Å². The zero-order valence-electron chi connectivity index (χ0n) is 13.1. The number of rotatable bonds is 4. The smallest absolute Gasteiger partial charge is 0.00565 e. The average molecular weight is 269 g/mol. The van der Waals surface area contributed by atoms with Crippen LogP contribution in [-0.4, -0.2) is 22.5 Å². The summed E-state index contributed by atoms with van der Waals surface area (Å²) in [6.07, 6.45) is 16.0. The van der Waals surface area contributed by atoms with Gasteiger partial charge in [-0.05, 0) is 78.3 Å². The summed E-state index contributed by atoms with van der Waals surface area (Å²) in [7, 11) is -0.462. The minimum Gasteiger partial charge on any atom is -0.239 e. The van der Waals surface area contributed by atoms with Crippen LogP contribution in [0.2, 0.25) is 0 Å². The highest BCUT2D eigenvalue weighted by molar-refractivity contribution is 8.34. The van der Waals surface area contributed by atoms with Gasteiger partial charge in [-0.25, -0.2) is 10.0 Å². The van der Waals surface area contributed by atoms with Crippen LogP contribution in [0.5, 0.6) is 0 Å². The van der Waals surface area contributed by atoms with E-state index in [4.69, 9.17) is 0 Å². The standard InChI is InChI=1S/C17H32S/c1-6-9-16(2,3)18(4,5)15-12-13-7-10-17(13)11-8-14(15)17/h13-15H,6-12H2,1-5H3. The average Bonchev–Trinajstić information content (AvgIpc) is 2.33. The molecule has 1 heteroatoms. The Morgan fingerprint density at radius 2 is 1.83 bits per heavy atom. The molecule has 106 valence electrons. The van der Waals surface area contributed by atoms with Gasteiger partial charge in [-0.3, -0.25) is 0 Å². The Kier molecular flexibility index (Phi) is 2.91. The Morgan fingerprint density at radius 1 is 1.17 bits per heavy atom. The van der Waals surface area contributed by atoms with Crippen LogP contribution in [0, 0.1) is 17.3 Å². The van der Waals surface area contributed by atoms with E-state index in [1.807, 2.05) is 0 Å². The lowest BCUT2D eigenvalue weighted by Gasteiger charge is -2.60.